The number of pyridine rings is 1. The van der Waals surface area contributed by atoms with Crippen molar-refractivity contribution < 1.29 is 32.6 Å². The zero-order valence-corrected chi connectivity index (χ0v) is 20.5. The summed E-state index contributed by atoms with van der Waals surface area (Å²) < 4.78 is 44.7. The Labute approximate surface area is 218 Å². The van der Waals surface area contributed by atoms with E-state index in [9.17, 15) is 27.9 Å². The molecule has 1 aromatic heterocycles. The number of hydrogen-bond donors (Lipinski definition) is 1. The first-order valence-corrected chi connectivity index (χ1v) is 12.2. The number of nitrogens with zero attached hydrogens (tertiary/aromatic N) is 2. The number of carbonyl (C=O) groups is 2. The van der Waals surface area contributed by atoms with E-state index in [1.807, 2.05) is 30.3 Å². The van der Waals surface area contributed by atoms with E-state index >= 15 is 0 Å². The maximum atomic E-state index is 13.2. The van der Waals surface area contributed by atoms with Crippen molar-refractivity contribution in [3.05, 3.63) is 89.1 Å². The monoisotopic (exact) mass is 526 g/mol. The first-order chi connectivity index (χ1) is 18.2. The van der Waals surface area contributed by atoms with Gasteiger partial charge in [0.1, 0.15) is 11.6 Å². The molecule has 1 atom stereocenters. The SMILES string of the molecule is O=C([O-])CC1Cc2ccc(OCCCNc3ccccn3)cc2CN(Cc2ccc(C(F)(F)F)cc2)C1=O. The number of carbonyl (C=O) groups excluding carboxylic acids is 2. The minimum absolute atomic E-state index is 0.0459. The molecule has 1 unspecified atom stereocenters. The van der Waals surface area contributed by atoms with Gasteiger partial charge in [-0.1, -0.05) is 24.3 Å². The first kappa shape index (κ1) is 27.0. The van der Waals surface area contributed by atoms with E-state index in [1.54, 1.807) is 12.3 Å². The summed E-state index contributed by atoms with van der Waals surface area (Å²) >= 11 is 0. The largest absolute Gasteiger partial charge is 0.550 e. The molecule has 0 saturated carbocycles. The van der Waals surface area contributed by atoms with Gasteiger partial charge in [-0.25, -0.2) is 4.98 Å². The van der Waals surface area contributed by atoms with Gasteiger partial charge in [-0.3, -0.25) is 4.79 Å². The molecule has 3 aromatic rings. The van der Waals surface area contributed by atoms with Crippen molar-refractivity contribution in [3.8, 4) is 5.75 Å². The number of carboxylic acid groups (broad SMARTS) is 1. The third-order valence-corrected chi connectivity index (χ3v) is 6.29. The average molecular weight is 527 g/mol. The molecule has 1 aliphatic heterocycles. The number of nitrogens with one attached hydrogen (secondary N) is 1. The van der Waals surface area contributed by atoms with Crippen LogP contribution in [0.3, 0.4) is 0 Å². The lowest BCUT2D eigenvalue weighted by atomic mass is 9.94. The third kappa shape index (κ3) is 7.24. The molecule has 0 saturated heterocycles. The molecule has 7 nitrogen and oxygen atoms in total. The van der Waals surface area contributed by atoms with Gasteiger partial charge < -0.3 is 24.9 Å². The lowest BCUT2D eigenvalue weighted by molar-refractivity contribution is -0.306. The van der Waals surface area contributed by atoms with Crippen LogP contribution in [0, 0.1) is 5.92 Å². The number of hydrogen-bond acceptors (Lipinski definition) is 6. The standard InChI is InChI=1S/C28H28F3N3O4/c29-28(30,31)23-8-5-19(6-9-23)17-34-18-22-15-24(38-13-3-12-33-25-4-1-2-11-32-25)10-7-20(22)14-21(27(34)37)16-26(35)36/h1-2,4-11,15,21H,3,12-14,16-18H2,(H,32,33)(H,35,36)/p-1. The Bertz CT molecular complexity index is 1250. The van der Waals surface area contributed by atoms with Crippen molar-refractivity contribution in [2.45, 2.75) is 38.5 Å². The van der Waals surface area contributed by atoms with Crippen LogP contribution in [-0.2, 0) is 35.3 Å². The molecule has 38 heavy (non-hydrogen) atoms. The Balaban J connectivity index is 1.44. The molecule has 0 bridgehead atoms. The predicted molar refractivity (Wildman–Crippen MR) is 132 cm³/mol. The van der Waals surface area contributed by atoms with Crippen molar-refractivity contribution in [2.75, 3.05) is 18.5 Å². The lowest BCUT2D eigenvalue weighted by Gasteiger charge is -2.25. The minimum atomic E-state index is -4.46. The van der Waals surface area contributed by atoms with Crippen LogP contribution in [0.2, 0.25) is 0 Å². The van der Waals surface area contributed by atoms with Gasteiger partial charge in [0.15, 0.2) is 0 Å². The van der Waals surface area contributed by atoms with E-state index < -0.39 is 30.0 Å². The summed E-state index contributed by atoms with van der Waals surface area (Å²) in [6.07, 6.45) is -2.25. The second-order valence-electron chi connectivity index (χ2n) is 9.14. The molecule has 4 rings (SSSR count). The van der Waals surface area contributed by atoms with Gasteiger partial charge in [-0.15, -0.1) is 0 Å². The fraction of sp³-hybridized carbons (Fsp3) is 0.321. The number of fused-ring (bicyclic) bond motifs is 1. The van der Waals surface area contributed by atoms with Crippen LogP contribution in [0.15, 0.2) is 66.9 Å². The number of carboxylic acids is 1. The van der Waals surface area contributed by atoms with Crippen LogP contribution in [0.25, 0.3) is 0 Å². The van der Waals surface area contributed by atoms with Crippen LogP contribution < -0.4 is 15.2 Å². The van der Waals surface area contributed by atoms with E-state index in [4.69, 9.17) is 4.74 Å². The molecule has 2 heterocycles. The maximum absolute atomic E-state index is 13.2. The Morgan fingerprint density at radius 3 is 2.58 bits per heavy atom. The molecule has 10 heteroatoms. The second-order valence-corrected chi connectivity index (χ2v) is 9.14. The number of halogens is 3. The van der Waals surface area contributed by atoms with Crippen LogP contribution >= 0.6 is 0 Å². The highest BCUT2D eigenvalue weighted by Crippen LogP contribution is 2.31. The van der Waals surface area contributed by atoms with E-state index in [0.717, 1.165) is 35.5 Å². The van der Waals surface area contributed by atoms with E-state index in [-0.39, 0.29) is 25.4 Å². The molecule has 1 aliphatic rings. The van der Waals surface area contributed by atoms with Crippen molar-refractivity contribution >= 4 is 17.7 Å². The number of aliphatic carboxylic acids is 1. The second kappa shape index (κ2) is 12.0. The van der Waals surface area contributed by atoms with E-state index in [1.165, 1.54) is 17.0 Å². The molecule has 0 fully saturated rings. The average Bonchev–Trinajstić information content (AvgIpc) is 3.00. The summed E-state index contributed by atoms with van der Waals surface area (Å²) in [4.78, 5) is 30.2. The normalized spacial score (nSPS) is 15.5. The summed E-state index contributed by atoms with van der Waals surface area (Å²) in [6, 6.07) is 15.6. The zero-order chi connectivity index (χ0) is 27.1. The predicted octanol–water partition coefficient (Wildman–Crippen LogP) is 3.82. The summed E-state index contributed by atoms with van der Waals surface area (Å²) in [5.41, 5.74) is 1.36. The van der Waals surface area contributed by atoms with Crippen molar-refractivity contribution in [1.29, 1.82) is 0 Å². The van der Waals surface area contributed by atoms with E-state index in [2.05, 4.69) is 10.3 Å². The van der Waals surface area contributed by atoms with Crippen molar-refractivity contribution in [2.24, 2.45) is 5.92 Å². The van der Waals surface area contributed by atoms with E-state index in [0.29, 0.717) is 24.5 Å². The first-order valence-electron chi connectivity index (χ1n) is 12.2. The number of anilines is 1. The lowest BCUT2D eigenvalue weighted by Crippen LogP contribution is -2.37. The summed E-state index contributed by atoms with van der Waals surface area (Å²) in [5, 5.41) is 14.5. The van der Waals surface area contributed by atoms with Crippen LogP contribution in [0.5, 0.6) is 5.75 Å². The number of rotatable bonds is 10. The quantitative estimate of drug-likeness (QED) is 0.404. The summed E-state index contributed by atoms with van der Waals surface area (Å²) in [5.74, 6) is -1.16. The van der Waals surface area contributed by atoms with Gasteiger partial charge in [0.2, 0.25) is 5.91 Å². The molecule has 200 valence electrons. The van der Waals surface area contributed by atoms with Gasteiger partial charge in [-0.05, 0) is 72.4 Å². The number of amides is 1. The molecule has 0 aliphatic carbocycles. The number of benzene rings is 2. The number of ether oxygens (including phenoxy) is 1. The Hall–Kier alpha value is -4.08. The van der Waals surface area contributed by atoms with Crippen molar-refractivity contribution in [1.82, 2.24) is 9.88 Å². The number of aromatic nitrogens is 1. The molecule has 0 radical (unpaired) electrons. The van der Waals surface area contributed by atoms with Crippen molar-refractivity contribution in [3.63, 3.8) is 0 Å². The number of alkyl halides is 3. The molecular formula is C28H27F3N3O4-. The van der Waals surface area contributed by atoms with Gasteiger partial charge in [0, 0.05) is 37.7 Å². The third-order valence-electron chi connectivity index (χ3n) is 6.29. The maximum Gasteiger partial charge on any atom is 0.416 e. The summed E-state index contributed by atoms with van der Waals surface area (Å²) in [7, 11) is 0. The molecule has 1 N–H and O–H groups in total. The highest BCUT2D eigenvalue weighted by Gasteiger charge is 2.32. The molecular weight excluding hydrogens is 499 g/mol. The smallest absolute Gasteiger partial charge is 0.416 e. The highest BCUT2D eigenvalue weighted by molar-refractivity contribution is 5.83. The Morgan fingerprint density at radius 2 is 1.89 bits per heavy atom. The Kier molecular flexibility index (Phi) is 8.50. The molecule has 0 spiro atoms. The van der Waals surface area contributed by atoms with Crippen LogP contribution in [0.4, 0.5) is 19.0 Å². The van der Waals surface area contributed by atoms with Crippen LogP contribution in [0.1, 0.15) is 35.1 Å². The fourth-order valence-electron chi connectivity index (χ4n) is 4.39. The van der Waals surface area contributed by atoms with Gasteiger partial charge in [0.05, 0.1) is 12.2 Å². The Morgan fingerprint density at radius 1 is 1.11 bits per heavy atom. The van der Waals surface area contributed by atoms with Crippen LogP contribution in [-0.4, -0.2) is 34.9 Å². The zero-order valence-electron chi connectivity index (χ0n) is 20.5. The van der Waals surface area contributed by atoms with Gasteiger partial charge in [-0.2, -0.15) is 13.2 Å². The topological polar surface area (TPSA) is 94.6 Å². The van der Waals surface area contributed by atoms with Gasteiger partial charge >= 0.3 is 6.18 Å². The summed E-state index contributed by atoms with van der Waals surface area (Å²) in [6.45, 7) is 1.34. The van der Waals surface area contributed by atoms with Gasteiger partial charge in [0.25, 0.3) is 0 Å². The highest BCUT2D eigenvalue weighted by atomic mass is 19.4. The minimum Gasteiger partial charge on any atom is -0.550 e. The fourth-order valence-corrected chi connectivity index (χ4v) is 4.39. The molecule has 1 amide bonds. The molecule has 2 aromatic carbocycles.